The third kappa shape index (κ3) is 2.68. The predicted molar refractivity (Wildman–Crippen MR) is 110 cm³/mol. The molecule has 2 aromatic carbocycles. The standard InChI is InChI=1S/C22H23NO2.CH4/c1-5-7-17-21-14(20-16(24)8-6-9-18(20)25-17)10-11-15-19(21)13(2)12-22(3,4)23-15;/h5-6,8-12,17,23-24H,1,7H2,2-4H3;1H4. The first-order chi connectivity index (χ1) is 11.9. The van der Waals surface area contributed by atoms with Crippen LogP contribution in [-0.2, 0) is 0 Å². The van der Waals surface area contributed by atoms with Crippen LogP contribution in [0.2, 0.25) is 0 Å². The average Bonchev–Trinajstić information content (AvgIpc) is 2.53. The van der Waals surface area contributed by atoms with Gasteiger partial charge in [-0.15, -0.1) is 6.58 Å². The van der Waals surface area contributed by atoms with Gasteiger partial charge in [0.2, 0.25) is 0 Å². The van der Waals surface area contributed by atoms with Crippen LogP contribution in [0.4, 0.5) is 5.69 Å². The normalized spacial score (nSPS) is 18.7. The average molecular weight is 349 g/mol. The molecule has 0 spiro atoms. The van der Waals surface area contributed by atoms with E-state index in [1.807, 2.05) is 18.2 Å². The fourth-order valence-corrected chi connectivity index (χ4v) is 4.12. The molecule has 0 saturated carbocycles. The van der Waals surface area contributed by atoms with Gasteiger partial charge in [-0.3, -0.25) is 0 Å². The van der Waals surface area contributed by atoms with Gasteiger partial charge in [-0.1, -0.05) is 31.7 Å². The SMILES string of the molecule is C.C=CCC1Oc2cccc(O)c2-c2ccc3c(c21)C(C)=CC(C)(C)N3. The molecular weight excluding hydrogens is 322 g/mol. The van der Waals surface area contributed by atoms with E-state index in [1.165, 1.54) is 11.1 Å². The summed E-state index contributed by atoms with van der Waals surface area (Å²) in [5.41, 5.74) is 6.38. The molecule has 26 heavy (non-hydrogen) atoms. The minimum Gasteiger partial charge on any atom is -0.507 e. The molecule has 0 fully saturated rings. The Morgan fingerprint density at radius 2 is 2.00 bits per heavy atom. The number of benzene rings is 2. The Kier molecular flexibility index (Phi) is 4.35. The van der Waals surface area contributed by atoms with Crippen LogP contribution in [0.15, 0.2) is 49.1 Å². The largest absolute Gasteiger partial charge is 0.507 e. The smallest absolute Gasteiger partial charge is 0.131 e. The van der Waals surface area contributed by atoms with Gasteiger partial charge in [-0.2, -0.15) is 0 Å². The van der Waals surface area contributed by atoms with Gasteiger partial charge < -0.3 is 15.2 Å². The number of fused-ring (bicyclic) bond motifs is 5. The lowest BCUT2D eigenvalue weighted by Gasteiger charge is -2.37. The highest BCUT2D eigenvalue weighted by atomic mass is 16.5. The molecule has 1 unspecified atom stereocenters. The molecule has 2 N–H and O–H groups in total. The van der Waals surface area contributed by atoms with E-state index in [0.29, 0.717) is 0 Å². The van der Waals surface area contributed by atoms with E-state index in [4.69, 9.17) is 4.74 Å². The van der Waals surface area contributed by atoms with Gasteiger partial charge in [0.1, 0.15) is 17.6 Å². The summed E-state index contributed by atoms with van der Waals surface area (Å²) in [5.74, 6) is 0.978. The first-order valence-electron chi connectivity index (χ1n) is 8.66. The van der Waals surface area contributed by atoms with Gasteiger partial charge in [0, 0.05) is 23.2 Å². The van der Waals surface area contributed by atoms with Crippen molar-refractivity contribution in [2.75, 3.05) is 5.32 Å². The van der Waals surface area contributed by atoms with Crippen molar-refractivity contribution in [2.24, 2.45) is 0 Å². The number of aromatic hydroxyl groups is 1. The summed E-state index contributed by atoms with van der Waals surface area (Å²) in [6, 6.07) is 9.64. The van der Waals surface area contributed by atoms with Crippen LogP contribution in [0.1, 0.15) is 51.8 Å². The van der Waals surface area contributed by atoms with Crippen molar-refractivity contribution in [2.45, 2.75) is 46.3 Å². The lowest BCUT2D eigenvalue weighted by molar-refractivity contribution is 0.204. The topological polar surface area (TPSA) is 41.5 Å². The predicted octanol–water partition coefficient (Wildman–Crippen LogP) is 6.31. The Morgan fingerprint density at radius 1 is 1.23 bits per heavy atom. The summed E-state index contributed by atoms with van der Waals surface area (Å²) in [4.78, 5) is 0. The quantitative estimate of drug-likeness (QED) is 0.624. The number of ether oxygens (including phenoxy) is 1. The Morgan fingerprint density at radius 3 is 2.73 bits per heavy atom. The molecule has 4 rings (SSSR count). The van der Waals surface area contributed by atoms with E-state index in [9.17, 15) is 5.11 Å². The van der Waals surface area contributed by atoms with Gasteiger partial charge in [0.25, 0.3) is 0 Å². The van der Waals surface area contributed by atoms with E-state index in [1.54, 1.807) is 6.07 Å². The van der Waals surface area contributed by atoms with Crippen LogP contribution in [0.25, 0.3) is 16.7 Å². The molecule has 1 atom stereocenters. The van der Waals surface area contributed by atoms with Gasteiger partial charge in [-0.25, -0.2) is 0 Å². The van der Waals surface area contributed by atoms with Crippen molar-refractivity contribution in [1.82, 2.24) is 0 Å². The Balaban J connectivity index is 0.00000196. The monoisotopic (exact) mass is 349 g/mol. The number of hydrogen-bond acceptors (Lipinski definition) is 3. The summed E-state index contributed by atoms with van der Waals surface area (Å²) in [5, 5.41) is 14.0. The van der Waals surface area contributed by atoms with Crippen LogP contribution < -0.4 is 10.1 Å². The molecule has 0 aromatic heterocycles. The second kappa shape index (κ2) is 6.24. The van der Waals surface area contributed by atoms with Crippen molar-refractivity contribution in [3.05, 3.63) is 60.2 Å². The summed E-state index contributed by atoms with van der Waals surface area (Å²) in [7, 11) is 0. The molecule has 136 valence electrons. The maximum absolute atomic E-state index is 10.4. The number of allylic oxidation sites excluding steroid dienone is 1. The second-order valence-electron chi connectivity index (χ2n) is 7.40. The second-order valence-corrected chi connectivity index (χ2v) is 7.40. The molecule has 0 saturated heterocycles. The van der Waals surface area contributed by atoms with Crippen molar-refractivity contribution in [3.8, 4) is 22.6 Å². The summed E-state index contributed by atoms with van der Waals surface area (Å²) >= 11 is 0. The molecule has 0 amide bonds. The summed E-state index contributed by atoms with van der Waals surface area (Å²) in [6.07, 6.45) is 4.75. The van der Waals surface area contributed by atoms with E-state index in [-0.39, 0.29) is 24.8 Å². The number of hydrogen-bond donors (Lipinski definition) is 2. The molecule has 0 radical (unpaired) electrons. The lowest BCUT2D eigenvalue weighted by atomic mass is 9.81. The van der Waals surface area contributed by atoms with E-state index >= 15 is 0 Å². The van der Waals surface area contributed by atoms with Crippen molar-refractivity contribution in [1.29, 1.82) is 0 Å². The van der Waals surface area contributed by atoms with E-state index in [2.05, 4.69) is 50.9 Å². The van der Waals surface area contributed by atoms with Crippen molar-refractivity contribution < 1.29 is 9.84 Å². The van der Waals surface area contributed by atoms with E-state index < -0.39 is 0 Å². The highest BCUT2D eigenvalue weighted by Gasteiger charge is 2.34. The molecule has 2 aliphatic heterocycles. The Bertz CT molecular complexity index is 909. The van der Waals surface area contributed by atoms with Crippen LogP contribution in [0.3, 0.4) is 0 Å². The van der Waals surface area contributed by atoms with Crippen molar-refractivity contribution in [3.63, 3.8) is 0 Å². The molecule has 0 bridgehead atoms. The van der Waals surface area contributed by atoms with Gasteiger partial charge in [0.05, 0.1) is 11.1 Å². The first-order valence-corrected chi connectivity index (χ1v) is 8.66. The molecule has 2 aromatic rings. The van der Waals surface area contributed by atoms with Crippen LogP contribution in [0, 0.1) is 0 Å². The molecule has 2 aliphatic rings. The zero-order valence-electron chi connectivity index (χ0n) is 14.9. The molecular formula is C23H27NO2. The number of nitrogens with one attached hydrogen (secondary N) is 1. The zero-order valence-corrected chi connectivity index (χ0v) is 14.9. The molecule has 3 nitrogen and oxygen atoms in total. The lowest BCUT2D eigenvalue weighted by Crippen LogP contribution is -2.32. The molecule has 2 heterocycles. The maximum atomic E-state index is 10.4. The number of phenols is 1. The third-order valence-corrected chi connectivity index (χ3v) is 4.92. The minimum atomic E-state index is -0.108. The maximum Gasteiger partial charge on any atom is 0.131 e. The van der Waals surface area contributed by atoms with Gasteiger partial charge in [-0.05, 0) is 50.1 Å². The van der Waals surface area contributed by atoms with Crippen LogP contribution in [-0.4, -0.2) is 10.6 Å². The Labute approximate surface area is 156 Å². The van der Waals surface area contributed by atoms with E-state index in [0.717, 1.165) is 34.5 Å². The van der Waals surface area contributed by atoms with Crippen LogP contribution >= 0.6 is 0 Å². The zero-order chi connectivity index (χ0) is 17.8. The number of phenolic OH excluding ortho intramolecular Hbond substituents is 1. The minimum absolute atomic E-state index is 0. The van der Waals surface area contributed by atoms with Crippen molar-refractivity contribution >= 4 is 11.3 Å². The van der Waals surface area contributed by atoms with Gasteiger partial charge in [0.15, 0.2) is 0 Å². The molecule has 0 aliphatic carbocycles. The number of anilines is 1. The highest BCUT2D eigenvalue weighted by Crippen LogP contribution is 2.52. The van der Waals surface area contributed by atoms with Crippen LogP contribution in [0.5, 0.6) is 11.5 Å². The Hall–Kier alpha value is -2.68. The number of rotatable bonds is 2. The van der Waals surface area contributed by atoms with Gasteiger partial charge >= 0.3 is 0 Å². The third-order valence-electron chi connectivity index (χ3n) is 4.92. The fourth-order valence-electron chi connectivity index (χ4n) is 4.12. The fraction of sp³-hybridized carbons (Fsp3) is 0.304. The first kappa shape index (κ1) is 18.1. The summed E-state index contributed by atoms with van der Waals surface area (Å²) < 4.78 is 6.26. The molecule has 3 heteroatoms. The summed E-state index contributed by atoms with van der Waals surface area (Å²) in [6.45, 7) is 10.4. The highest BCUT2D eigenvalue weighted by molar-refractivity contribution is 5.91.